The van der Waals surface area contributed by atoms with Crippen molar-refractivity contribution < 1.29 is 19.4 Å². The van der Waals surface area contributed by atoms with Gasteiger partial charge >= 0.3 is 0 Å². The fourth-order valence-corrected chi connectivity index (χ4v) is 4.54. The number of Topliss-reactive ketones (excluding diaryl/α,β-unsaturated/α-hetero) is 1. The van der Waals surface area contributed by atoms with Gasteiger partial charge in [0.1, 0.15) is 11.5 Å². The van der Waals surface area contributed by atoms with Crippen molar-refractivity contribution in [1.29, 1.82) is 0 Å². The number of pyridine rings is 1. The first kappa shape index (κ1) is 24.7. The van der Waals surface area contributed by atoms with Crippen LogP contribution >= 0.6 is 15.9 Å². The monoisotopic (exact) mass is 534 g/mol. The van der Waals surface area contributed by atoms with Crippen LogP contribution in [0, 0.1) is 12.8 Å². The highest BCUT2D eigenvalue weighted by molar-refractivity contribution is 9.10. The SMILES string of the molecule is Cc1cc(/C(O)=C2/C(=O)C(=O)N(Cc3cccnc3)C2c2cccc(Br)c2)ccc1OCC(C)C. The second-order valence-electron chi connectivity index (χ2n) is 9.03. The Morgan fingerprint density at radius 1 is 1.14 bits per heavy atom. The van der Waals surface area contributed by atoms with Gasteiger partial charge in [-0.3, -0.25) is 14.6 Å². The van der Waals surface area contributed by atoms with Crippen LogP contribution in [0.15, 0.2) is 77.0 Å². The van der Waals surface area contributed by atoms with E-state index in [1.807, 2.05) is 37.3 Å². The fraction of sp³-hybridized carbons (Fsp3) is 0.250. The number of carbonyl (C=O) groups excluding carboxylic acids is 2. The number of amides is 1. The van der Waals surface area contributed by atoms with Crippen LogP contribution in [0.3, 0.4) is 0 Å². The van der Waals surface area contributed by atoms with E-state index in [4.69, 9.17) is 4.74 Å². The summed E-state index contributed by atoms with van der Waals surface area (Å²) in [5, 5.41) is 11.3. The Morgan fingerprint density at radius 2 is 1.94 bits per heavy atom. The maximum atomic E-state index is 13.3. The lowest BCUT2D eigenvalue weighted by molar-refractivity contribution is -0.140. The summed E-state index contributed by atoms with van der Waals surface area (Å²) in [5.41, 5.74) is 2.86. The number of benzene rings is 2. The second kappa shape index (κ2) is 10.4. The Kier molecular flexibility index (Phi) is 7.36. The van der Waals surface area contributed by atoms with Gasteiger partial charge in [-0.15, -0.1) is 0 Å². The van der Waals surface area contributed by atoms with Crippen molar-refractivity contribution in [3.63, 3.8) is 0 Å². The van der Waals surface area contributed by atoms with Gasteiger partial charge in [0, 0.05) is 29.0 Å². The minimum atomic E-state index is -0.745. The van der Waals surface area contributed by atoms with Crippen LogP contribution in [0.4, 0.5) is 0 Å². The molecule has 3 aromatic rings. The standard InChI is InChI=1S/C28H27BrN2O4/c1-17(2)16-35-23-10-9-21(12-18(23)3)26(32)24-25(20-7-4-8-22(29)13-20)31(28(34)27(24)33)15-19-6-5-11-30-14-19/h4-14,17,25,32H,15-16H2,1-3H3/b26-24-. The van der Waals surface area contributed by atoms with Crippen molar-refractivity contribution in [1.82, 2.24) is 9.88 Å². The highest BCUT2D eigenvalue weighted by Crippen LogP contribution is 2.41. The third-order valence-electron chi connectivity index (χ3n) is 5.80. The maximum absolute atomic E-state index is 13.3. The van der Waals surface area contributed by atoms with E-state index in [2.05, 4.69) is 34.8 Å². The van der Waals surface area contributed by atoms with Gasteiger partial charge in [-0.1, -0.05) is 48.0 Å². The zero-order valence-corrected chi connectivity index (χ0v) is 21.5. The molecule has 0 aliphatic carbocycles. The van der Waals surface area contributed by atoms with E-state index in [1.54, 1.807) is 36.7 Å². The molecule has 6 nitrogen and oxygen atoms in total. The number of nitrogens with zero attached hydrogens (tertiary/aromatic N) is 2. The number of aliphatic hydroxyl groups is 1. The van der Waals surface area contributed by atoms with E-state index >= 15 is 0 Å². The maximum Gasteiger partial charge on any atom is 0.295 e. The highest BCUT2D eigenvalue weighted by Gasteiger charge is 2.46. The molecule has 0 radical (unpaired) electrons. The first-order chi connectivity index (χ1) is 16.8. The number of halogens is 1. The Hall–Kier alpha value is -3.45. The number of aliphatic hydroxyl groups excluding tert-OH is 1. The van der Waals surface area contributed by atoms with Gasteiger partial charge in [-0.2, -0.15) is 0 Å². The zero-order chi connectivity index (χ0) is 25.1. The van der Waals surface area contributed by atoms with Gasteiger partial charge in [0.05, 0.1) is 18.2 Å². The minimum Gasteiger partial charge on any atom is -0.507 e. The molecule has 1 aliphatic rings. The molecule has 35 heavy (non-hydrogen) atoms. The number of hydrogen-bond acceptors (Lipinski definition) is 5. The molecular formula is C28H27BrN2O4. The molecule has 1 saturated heterocycles. The number of aromatic nitrogens is 1. The average molecular weight is 535 g/mol. The normalized spacial score (nSPS) is 17.3. The Labute approximate surface area is 213 Å². The molecule has 1 atom stereocenters. The van der Waals surface area contributed by atoms with E-state index in [9.17, 15) is 14.7 Å². The van der Waals surface area contributed by atoms with Crippen molar-refractivity contribution in [2.24, 2.45) is 5.92 Å². The smallest absolute Gasteiger partial charge is 0.295 e. The fourth-order valence-electron chi connectivity index (χ4n) is 4.13. The van der Waals surface area contributed by atoms with E-state index in [-0.39, 0.29) is 17.9 Å². The van der Waals surface area contributed by atoms with Crippen molar-refractivity contribution in [3.05, 3.63) is 99.3 Å². The topological polar surface area (TPSA) is 79.7 Å². The van der Waals surface area contributed by atoms with Gasteiger partial charge in [0.15, 0.2) is 0 Å². The molecule has 7 heteroatoms. The molecule has 4 rings (SSSR count). The Balaban J connectivity index is 1.79. The molecule has 180 valence electrons. The van der Waals surface area contributed by atoms with E-state index in [0.29, 0.717) is 18.1 Å². The molecule has 2 heterocycles. The van der Waals surface area contributed by atoms with Crippen LogP contribution in [-0.2, 0) is 16.1 Å². The van der Waals surface area contributed by atoms with Crippen molar-refractivity contribution in [3.8, 4) is 5.75 Å². The summed E-state index contributed by atoms with van der Waals surface area (Å²) in [4.78, 5) is 32.0. The number of hydrogen-bond donors (Lipinski definition) is 1. The van der Waals surface area contributed by atoms with Crippen LogP contribution in [0.1, 0.15) is 42.1 Å². The second-order valence-corrected chi connectivity index (χ2v) is 9.94. The molecule has 0 saturated carbocycles. The summed E-state index contributed by atoms with van der Waals surface area (Å²) in [6.07, 6.45) is 3.32. The summed E-state index contributed by atoms with van der Waals surface area (Å²) < 4.78 is 6.66. The molecule has 0 spiro atoms. The van der Waals surface area contributed by atoms with Crippen molar-refractivity contribution in [2.75, 3.05) is 6.61 Å². The highest BCUT2D eigenvalue weighted by atomic mass is 79.9. The van der Waals surface area contributed by atoms with E-state index in [0.717, 1.165) is 26.9 Å². The molecule has 2 aromatic carbocycles. The lowest BCUT2D eigenvalue weighted by atomic mass is 9.94. The summed E-state index contributed by atoms with van der Waals surface area (Å²) in [7, 11) is 0. The summed E-state index contributed by atoms with van der Waals surface area (Å²) in [6.45, 7) is 6.80. The van der Waals surface area contributed by atoms with E-state index < -0.39 is 17.7 Å². The molecule has 1 aromatic heterocycles. The third-order valence-corrected chi connectivity index (χ3v) is 6.29. The Morgan fingerprint density at radius 3 is 2.60 bits per heavy atom. The molecule has 1 aliphatic heterocycles. The van der Waals surface area contributed by atoms with Crippen LogP contribution < -0.4 is 4.74 Å². The number of rotatable bonds is 7. The predicted molar refractivity (Wildman–Crippen MR) is 138 cm³/mol. The number of ketones is 1. The molecular weight excluding hydrogens is 508 g/mol. The van der Waals surface area contributed by atoms with E-state index in [1.165, 1.54) is 4.90 Å². The number of carbonyl (C=O) groups is 2. The number of likely N-dealkylation sites (tertiary alicyclic amines) is 1. The first-order valence-corrected chi connectivity index (χ1v) is 12.2. The quantitative estimate of drug-likeness (QED) is 0.235. The summed E-state index contributed by atoms with van der Waals surface area (Å²) >= 11 is 3.48. The average Bonchev–Trinajstić information content (AvgIpc) is 3.08. The van der Waals surface area contributed by atoms with Gasteiger partial charge in [0.25, 0.3) is 11.7 Å². The van der Waals surface area contributed by atoms with Gasteiger partial charge < -0.3 is 14.7 Å². The van der Waals surface area contributed by atoms with Crippen LogP contribution in [0.5, 0.6) is 5.75 Å². The zero-order valence-electron chi connectivity index (χ0n) is 19.9. The Bertz CT molecular complexity index is 1290. The third kappa shape index (κ3) is 5.30. The lowest BCUT2D eigenvalue weighted by Gasteiger charge is -2.25. The number of aryl methyl sites for hydroxylation is 1. The molecule has 1 fully saturated rings. The van der Waals surface area contributed by atoms with Gasteiger partial charge in [-0.25, -0.2) is 0 Å². The minimum absolute atomic E-state index is 0.0623. The van der Waals surface area contributed by atoms with Crippen LogP contribution in [0.25, 0.3) is 5.76 Å². The van der Waals surface area contributed by atoms with Gasteiger partial charge in [0.2, 0.25) is 0 Å². The predicted octanol–water partition coefficient (Wildman–Crippen LogP) is 5.81. The van der Waals surface area contributed by atoms with Crippen LogP contribution in [-0.4, -0.2) is 33.3 Å². The summed E-state index contributed by atoms with van der Waals surface area (Å²) in [5.74, 6) is -0.483. The molecule has 1 unspecified atom stereocenters. The molecule has 1 amide bonds. The molecule has 0 bridgehead atoms. The van der Waals surface area contributed by atoms with Crippen molar-refractivity contribution >= 4 is 33.4 Å². The van der Waals surface area contributed by atoms with Gasteiger partial charge in [-0.05, 0) is 65.9 Å². The number of ether oxygens (including phenoxy) is 1. The lowest BCUT2D eigenvalue weighted by Crippen LogP contribution is -2.29. The van der Waals surface area contributed by atoms with Crippen molar-refractivity contribution in [2.45, 2.75) is 33.4 Å². The largest absolute Gasteiger partial charge is 0.507 e. The first-order valence-electron chi connectivity index (χ1n) is 11.4. The summed E-state index contributed by atoms with van der Waals surface area (Å²) in [6, 6.07) is 15.6. The molecule has 1 N–H and O–H groups in total. The van der Waals surface area contributed by atoms with Crippen LogP contribution in [0.2, 0.25) is 0 Å².